The van der Waals surface area contributed by atoms with E-state index in [1.54, 1.807) is 0 Å². The molecule has 0 aliphatic heterocycles. The summed E-state index contributed by atoms with van der Waals surface area (Å²) >= 11 is 1.97. The van der Waals surface area contributed by atoms with Gasteiger partial charge in [0.2, 0.25) is 0 Å². The van der Waals surface area contributed by atoms with Gasteiger partial charge < -0.3 is 10.4 Å². The summed E-state index contributed by atoms with van der Waals surface area (Å²) in [5.41, 5.74) is 0. The second-order valence-electron chi connectivity index (χ2n) is 4.52. The summed E-state index contributed by atoms with van der Waals surface area (Å²) < 4.78 is 0. The summed E-state index contributed by atoms with van der Waals surface area (Å²) in [6.45, 7) is 2.89. The minimum absolute atomic E-state index is 0.153. The second-order valence-corrected chi connectivity index (χ2v) is 5.59. The van der Waals surface area contributed by atoms with E-state index in [2.05, 4.69) is 18.5 Å². The van der Waals surface area contributed by atoms with Crippen molar-refractivity contribution >= 4 is 11.8 Å². The quantitative estimate of drug-likeness (QED) is 0.736. The Kier molecular flexibility index (Phi) is 6.69. The molecule has 3 atom stereocenters. The molecule has 0 radical (unpaired) electrons. The lowest BCUT2D eigenvalue weighted by atomic mass is 9.94. The van der Waals surface area contributed by atoms with Crippen molar-refractivity contribution in [2.75, 3.05) is 12.8 Å². The van der Waals surface area contributed by atoms with Crippen molar-refractivity contribution in [3.05, 3.63) is 0 Å². The van der Waals surface area contributed by atoms with Crippen molar-refractivity contribution in [2.24, 2.45) is 0 Å². The molecule has 15 heavy (non-hydrogen) atoms. The zero-order valence-corrected chi connectivity index (χ0v) is 10.9. The van der Waals surface area contributed by atoms with Gasteiger partial charge in [-0.1, -0.05) is 26.2 Å². The van der Waals surface area contributed by atoms with Crippen molar-refractivity contribution in [1.29, 1.82) is 0 Å². The van der Waals surface area contributed by atoms with E-state index in [0.29, 0.717) is 6.04 Å². The standard InChI is InChI=1S/C12H25NOS/c1-3-6-10(14)9-13-11-7-4-5-8-12(11)15-2/h10-14H,3-9H2,1-2H3. The van der Waals surface area contributed by atoms with Crippen molar-refractivity contribution < 1.29 is 5.11 Å². The van der Waals surface area contributed by atoms with Crippen LogP contribution in [0.15, 0.2) is 0 Å². The lowest BCUT2D eigenvalue weighted by Gasteiger charge is -2.31. The Morgan fingerprint density at radius 2 is 2.13 bits per heavy atom. The molecule has 0 amide bonds. The fraction of sp³-hybridized carbons (Fsp3) is 1.00. The molecule has 0 aromatic rings. The van der Waals surface area contributed by atoms with Crippen molar-refractivity contribution in [1.82, 2.24) is 5.32 Å². The Balaban J connectivity index is 2.22. The molecule has 0 spiro atoms. The highest BCUT2D eigenvalue weighted by molar-refractivity contribution is 7.99. The van der Waals surface area contributed by atoms with Gasteiger partial charge >= 0.3 is 0 Å². The molecule has 1 saturated carbocycles. The van der Waals surface area contributed by atoms with E-state index in [1.165, 1.54) is 25.7 Å². The zero-order valence-electron chi connectivity index (χ0n) is 10.0. The third-order valence-corrected chi connectivity index (χ3v) is 4.41. The first-order valence-corrected chi connectivity index (χ1v) is 7.51. The summed E-state index contributed by atoms with van der Waals surface area (Å²) in [5.74, 6) is 0. The maximum Gasteiger partial charge on any atom is 0.0664 e. The Bertz CT molecular complexity index is 166. The number of aliphatic hydroxyl groups excluding tert-OH is 1. The van der Waals surface area contributed by atoms with Crippen molar-refractivity contribution in [3.8, 4) is 0 Å². The average Bonchev–Trinajstić information content (AvgIpc) is 2.27. The Labute approximate surface area is 98.2 Å². The summed E-state index contributed by atoms with van der Waals surface area (Å²) in [6, 6.07) is 0.625. The first-order chi connectivity index (χ1) is 7.27. The summed E-state index contributed by atoms with van der Waals surface area (Å²) in [4.78, 5) is 0. The maximum atomic E-state index is 9.67. The molecule has 0 aromatic carbocycles. The molecule has 0 bridgehead atoms. The second kappa shape index (κ2) is 7.53. The van der Waals surface area contributed by atoms with Crippen molar-refractivity contribution in [3.63, 3.8) is 0 Å². The highest BCUT2D eigenvalue weighted by atomic mass is 32.2. The molecule has 1 aliphatic rings. The van der Waals surface area contributed by atoms with E-state index in [1.807, 2.05) is 11.8 Å². The molecule has 0 heterocycles. The van der Waals surface area contributed by atoms with Gasteiger partial charge in [0, 0.05) is 17.8 Å². The number of aliphatic hydroxyl groups is 1. The lowest BCUT2D eigenvalue weighted by molar-refractivity contribution is 0.153. The smallest absolute Gasteiger partial charge is 0.0664 e. The summed E-state index contributed by atoms with van der Waals surface area (Å²) in [6.07, 6.45) is 9.38. The van der Waals surface area contributed by atoms with Gasteiger partial charge in [0.1, 0.15) is 0 Å². The fourth-order valence-corrected chi connectivity index (χ4v) is 3.30. The maximum absolute atomic E-state index is 9.67. The van der Waals surface area contributed by atoms with Crippen LogP contribution in [-0.2, 0) is 0 Å². The van der Waals surface area contributed by atoms with E-state index >= 15 is 0 Å². The largest absolute Gasteiger partial charge is 0.392 e. The fourth-order valence-electron chi connectivity index (χ4n) is 2.34. The van der Waals surface area contributed by atoms with Crippen LogP contribution in [0.5, 0.6) is 0 Å². The third-order valence-electron chi connectivity index (χ3n) is 3.24. The predicted molar refractivity (Wildman–Crippen MR) is 68.5 cm³/mol. The number of hydrogen-bond donors (Lipinski definition) is 2. The molecule has 3 heteroatoms. The van der Waals surface area contributed by atoms with Gasteiger partial charge in [-0.05, 0) is 25.5 Å². The van der Waals surface area contributed by atoms with Crippen LogP contribution < -0.4 is 5.32 Å². The molecular weight excluding hydrogens is 206 g/mol. The Morgan fingerprint density at radius 3 is 2.80 bits per heavy atom. The summed E-state index contributed by atoms with van der Waals surface area (Å²) in [7, 11) is 0. The van der Waals surface area contributed by atoms with Gasteiger partial charge in [-0.3, -0.25) is 0 Å². The van der Waals surface area contributed by atoms with Gasteiger partial charge in [0.25, 0.3) is 0 Å². The van der Waals surface area contributed by atoms with E-state index in [0.717, 1.165) is 24.6 Å². The van der Waals surface area contributed by atoms with Crippen LogP contribution in [0.1, 0.15) is 45.4 Å². The molecule has 0 aromatic heterocycles. The molecule has 2 nitrogen and oxygen atoms in total. The van der Waals surface area contributed by atoms with Gasteiger partial charge in [-0.2, -0.15) is 11.8 Å². The molecule has 1 aliphatic carbocycles. The number of nitrogens with one attached hydrogen (secondary N) is 1. The highest BCUT2D eigenvalue weighted by Gasteiger charge is 2.24. The first kappa shape index (κ1) is 13.3. The molecule has 3 unspecified atom stereocenters. The summed E-state index contributed by atoms with van der Waals surface area (Å²) in [5, 5.41) is 14.0. The minimum Gasteiger partial charge on any atom is -0.392 e. The van der Waals surface area contributed by atoms with Gasteiger partial charge in [-0.25, -0.2) is 0 Å². The third kappa shape index (κ3) is 4.75. The number of hydrogen-bond acceptors (Lipinski definition) is 3. The Hall–Kier alpha value is 0.270. The van der Waals surface area contributed by atoms with Gasteiger partial charge in [-0.15, -0.1) is 0 Å². The van der Waals surface area contributed by atoms with Crippen LogP contribution in [-0.4, -0.2) is 35.3 Å². The molecule has 90 valence electrons. The predicted octanol–water partition coefficient (Wildman–Crippen LogP) is 2.41. The van der Waals surface area contributed by atoms with Gasteiger partial charge in [0.05, 0.1) is 6.10 Å². The minimum atomic E-state index is -0.153. The highest BCUT2D eigenvalue weighted by Crippen LogP contribution is 2.27. The van der Waals surface area contributed by atoms with Crippen LogP contribution in [0.3, 0.4) is 0 Å². The van der Waals surface area contributed by atoms with Crippen LogP contribution in [0.2, 0.25) is 0 Å². The van der Waals surface area contributed by atoms with E-state index < -0.39 is 0 Å². The molecule has 2 N–H and O–H groups in total. The molecular formula is C12H25NOS. The normalized spacial score (nSPS) is 29.0. The van der Waals surface area contributed by atoms with E-state index in [-0.39, 0.29) is 6.10 Å². The molecule has 1 rings (SSSR count). The lowest BCUT2D eigenvalue weighted by Crippen LogP contribution is -2.43. The Morgan fingerprint density at radius 1 is 1.40 bits per heavy atom. The van der Waals surface area contributed by atoms with Crippen LogP contribution in [0.4, 0.5) is 0 Å². The number of thioether (sulfide) groups is 1. The SMILES string of the molecule is CCCC(O)CNC1CCCCC1SC. The zero-order chi connectivity index (χ0) is 11.1. The molecule has 0 saturated heterocycles. The van der Waals surface area contributed by atoms with E-state index in [4.69, 9.17) is 0 Å². The van der Waals surface area contributed by atoms with E-state index in [9.17, 15) is 5.11 Å². The number of rotatable bonds is 6. The van der Waals surface area contributed by atoms with Crippen molar-refractivity contribution in [2.45, 2.75) is 62.8 Å². The van der Waals surface area contributed by atoms with Crippen LogP contribution >= 0.6 is 11.8 Å². The van der Waals surface area contributed by atoms with Crippen LogP contribution in [0.25, 0.3) is 0 Å². The topological polar surface area (TPSA) is 32.3 Å². The first-order valence-electron chi connectivity index (χ1n) is 6.22. The van der Waals surface area contributed by atoms with Crippen LogP contribution in [0, 0.1) is 0 Å². The molecule has 1 fully saturated rings. The monoisotopic (exact) mass is 231 g/mol. The average molecular weight is 231 g/mol. The van der Waals surface area contributed by atoms with Gasteiger partial charge in [0.15, 0.2) is 0 Å².